The largest absolute Gasteiger partial charge is 0.472 e. The van der Waals surface area contributed by atoms with Crippen molar-refractivity contribution < 1.29 is 18.6 Å². The van der Waals surface area contributed by atoms with E-state index >= 15 is 0 Å². The molecule has 1 aromatic heterocycles. The summed E-state index contributed by atoms with van der Waals surface area (Å²) in [6.45, 7) is 2.37. The molecule has 0 radical (unpaired) electrons. The lowest BCUT2D eigenvalue weighted by atomic mass is 10.1. The van der Waals surface area contributed by atoms with Crippen molar-refractivity contribution in [3.63, 3.8) is 0 Å². The van der Waals surface area contributed by atoms with Gasteiger partial charge in [-0.1, -0.05) is 30.3 Å². The van der Waals surface area contributed by atoms with Crippen LogP contribution in [0.1, 0.15) is 17.5 Å². The van der Waals surface area contributed by atoms with Crippen LogP contribution in [-0.2, 0) is 26.6 Å². The monoisotopic (exact) mass is 274 g/mol. The van der Waals surface area contributed by atoms with E-state index in [1.54, 1.807) is 12.5 Å². The average Bonchev–Trinajstić information content (AvgIpc) is 3.16. The van der Waals surface area contributed by atoms with E-state index in [4.69, 9.17) is 18.6 Å². The molecule has 0 bridgehead atoms. The minimum absolute atomic E-state index is 0.570. The fraction of sp³-hybridized carbons (Fsp3) is 0.375. The highest BCUT2D eigenvalue weighted by Gasteiger charge is 2.39. The van der Waals surface area contributed by atoms with Crippen LogP contribution in [0, 0.1) is 0 Å². The topological polar surface area (TPSA) is 40.8 Å². The third kappa shape index (κ3) is 2.93. The van der Waals surface area contributed by atoms with Gasteiger partial charge < -0.3 is 18.6 Å². The van der Waals surface area contributed by atoms with Crippen LogP contribution in [0.15, 0.2) is 53.3 Å². The first-order chi connectivity index (χ1) is 9.89. The molecule has 1 saturated heterocycles. The maximum atomic E-state index is 5.78. The number of hydrogen-bond donors (Lipinski definition) is 0. The summed E-state index contributed by atoms with van der Waals surface area (Å²) < 4.78 is 22.4. The summed E-state index contributed by atoms with van der Waals surface area (Å²) in [5.74, 6) is -0.705. The van der Waals surface area contributed by atoms with Gasteiger partial charge >= 0.3 is 0 Å². The first-order valence-corrected chi connectivity index (χ1v) is 6.81. The van der Waals surface area contributed by atoms with Gasteiger partial charge in [0, 0.05) is 12.0 Å². The van der Waals surface area contributed by atoms with E-state index in [9.17, 15) is 0 Å². The molecule has 20 heavy (non-hydrogen) atoms. The van der Waals surface area contributed by atoms with E-state index in [-0.39, 0.29) is 0 Å². The third-order valence-electron chi connectivity index (χ3n) is 3.40. The van der Waals surface area contributed by atoms with Gasteiger partial charge in [0.2, 0.25) is 0 Å². The number of hydrogen-bond acceptors (Lipinski definition) is 4. The second-order valence-electron chi connectivity index (χ2n) is 4.75. The predicted octanol–water partition coefficient (Wildman–Crippen LogP) is 3.09. The van der Waals surface area contributed by atoms with Crippen LogP contribution in [0.2, 0.25) is 0 Å². The fourth-order valence-corrected chi connectivity index (χ4v) is 2.36. The fourth-order valence-electron chi connectivity index (χ4n) is 2.36. The molecule has 106 valence electrons. The highest BCUT2D eigenvalue weighted by molar-refractivity contribution is 5.15. The molecule has 0 amide bonds. The maximum absolute atomic E-state index is 5.78. The van der Waals surface area contributed by atoms with Crippen LogP contribution in [-0.4, -0.2) is 19.8 Å². The molecule has 3 rings (SSSR count). The Balaban J connectivity index is 1.54. The summed E-state index contributed by atoms with van der Waals surface area (Å²) in [7, 11) is 0. The standard InChI is InChI=1S/C16H18O4/c1-2-4-14(5-3-1)12-18-9-7-16(19-10-11-20-16)15-6-8-17-13-15/h1-6,8,13H,7,9-12H2. The predicted molar refractivity (Wildman–Crippen MR) is 73.0 cm³/mol. The van der Waals surface area contributed by atoms with Crippen molar-refractivity contribution in [3.05, 3.63) is 60.1 Å². The SMILES string of the molecule is c1ccc(COCCC2(c3ccoc3)OCCO2)cc1. The van der Waals surface area contributed by atoms with Gasteiger partial charge in [-0.3, -0.25) is 0 Å². The van der Waals surface area contributed by atoms with Gasteiger partial charge in [-0.15, -0.1) is 0 Å². The van der Waals surface area contributed by atoms with E-state index in [1.165, 1.54) is 0 Å². The van der Waals surface area contributed by atoms with Gasteiger partial charge in [0.1, 0.15) is 0 Å². The Hall–Kier alpha value is -1.62. The van der Waals surface area contributed by atoms with Gasteiger partial charge in [0.15, 0.2) is 5.79 Å². The van der Waals surface area contributed by atoms with Crippen LogP contribution < -0.4 is 0 Å². The van der Waals surface area contributed by atoms with Gasteiger partial charge in [0.25, 0.3) is 0 Å². The molecule has 0 atom stereocenters. The molecule has 4 nitrogen and oxygen atoms in total. The molecule has 0 N–H and O–H groups in total. The number of furan rings is 1. The average molecular weight is 274 g/mol. The van der Waals surface area contributed by atoms with Crippen LogP contribution in [0.3, 0.4) is 0 Å². The molecular formula is C16H18O4. The van der Waals surface area contributed by atoms with Crippen molar-refractivity contribution in [3.8, 4) is 0 Å². The lowest BCUT2D eigenvalue weighted by molar-refractivity contribution is -0.179. The van der Waals surface area contributed by atoms with Crippen LogP contribution in [0.5, 0.6) is 0 Å². The number of benzene rings is 1. The summed E-state index contributed by atoms with van der Waals surface area (Å²) in [4.78, 5) is 0. The zero-order valence-corrected chi connectivity index (χ0v) is 11.3. The van der Waals surface area contributed by atoms with Crippen molar-refractivity contribution >= 4 is 0 Å². The van der Waals surface area contributed by atoms with Crippen LogP contribution in [0.4, 0.5) is 0 Å². The zero-order valence-electron chi connectivity index (χ0n) is 11.3. The summed E-state index contributed by atoms with van der Waals surface area (Å²) >= 11 is 0. The van der Waals surface area contributed by atoms with Crippen LogP contribution in [0.25, 0.3) is 0 Å². The smallest absolute Gasteiger partial charge is 0.200 e. The van der Waals surface area contributed by atoms with Gasteiger partial charge in [-0.2, -0.15) is 0 Å². The summed E-state index contributed by atoms with van der Waals surface area (Å²) in [5.41, 5.74) is 2.08. The van der Waals surface area contributed by atoms with E-state index in [2.05, 4.69) is 12.1 Å². The van der Waals surface area contributed by atoms with Crippen molar-refractivity contribution in [1.29, 1.82) is 0 Å². The van der Waals surface area contributed by atoms with E-state index in [0.29, 0.717) is 32.8 Å². The Morgan fingerprint density at radius 2 is 1.85 bits per heavy atom. The molecule has 0 unspecified atom stereocenters. The third-order valence-corrected chi connectivity index (χ3v) is 3.40. The van der Waals surface area contributed by atoms with Crippen molar-refractivity contribution in [2.24, 2.45) is 0 Å². The number of rotatable bonds is 6. The Morgan fingerprint density at radius 3 is 2.55 bits per heavy atom. The molecule has 2 aromatic rings. The molecule has 0 spiro atoms. The Morgan fingerprint density at radius 1 is 1.05 bits per heavy atom. The summed E-state index contributed by atoms with van der Waals surface area (Å²) in [6, 6.07) is 12.0. The lowest BCUT2D eigenvalue weighted by Crippen LogP contribution is -2.28. The first-order valence-electron chi connectivity index (χ1n) is 6.81. The van der Waals surface area contributed by atoms with E-state index in [1.807, 2.05) is 24.3 Å². The second-order valence-corrected chi connectivity index (χ2v) is 4.75. The quantitative estimate of drug-likeness (QED) is 0.759. The normalized spacial score (nSPS) is 17.4. The zero-order chi connectivity index (χ0) is 13.7. The summed E-state index contributed by atoms with van der Waals surface area (Å²) in [5, 5.41) is 0. The molecular weight excluding hydrogens is 256 g/mol. The second kappa shape index (κ2) is 6.22. The summed E-state index contributed by atoms with van der Waals surface area (Å²) in [6.07, 6.45) is 3.95. The molecule has 2 heterocycles. The van der Waals surface area contributed by atoms with Crippen molar-refractivity contribution in [1.82, 2.24) is 0 Å². The lowest BCUT2D eigenvalue weighted by Gasteiger charge is -2.26. The molecule has 1 fully saturated rings. The van der Waals surface area contributed by atoms with Crippen LogP contribution >= 0.6 is 0 Å². The first kappa shape index (κ1) is 13.4. The van der Waals surface area contributed by atoms with Gasteiger partial charge in [-0.25, -0.2) is 0 Å². The Kier molecular flexibility index (Phi) is 4.16. The minimum atomic E-state index is -0.705. The van der Waals surface area contributed by atoms with Crippen molar-refractivity contribution in [2.45, 2.75) is 18.8 Å². The molecule has 1 aliphatic heterocycles. The minimum Gasteiger partial charge on any atom is -0.472 e. The van der Waals surface area contributed by atoms with Gasteiger partial charge in [0.05, 0.1) is 39.0 Å². The highest BCUT2D eigenvalue weighted by Crippen LogP contribution is 2.35. The van der Waals surface area contributed by atoms with Crippen molar-refractivity contribution in [2.75, 3.05) is 19.8 Å². The maximum Gasteiger partial charge on any atom is 0.200 e. The number of ether oxygens (including phenoxy) is 3. The molecule has 1 aromatic carbocycles. The molecule has 4 heteroatoms. The molecule has 0 saturated carbocycles. The Bertz CT molecular complexity index is 501. The highest BCUT2D eigenvalue weighted by atomic mass is 16.7. The van der Waals surface area contributed by atoms with Gasteiger partial charge in [-0.05, 0) is 11.6 Å². The van der Waals surface area contributed by atoms with E-state index in [0.717, 1.165) is 11.1 Å². The molecule has 0 aliphatic carbocycles. The molecule has 1 aliphatic rings. The Labute approximate surface area is 118 Å². The van der Waals surface area contributed by atoms with E-state index < -0.39 is 5.79 Å².